The first kappa shape index (κ1) is 16.8. The number of aliphatic hydroxyl groups is 1. The average molecular weight is 317 g/mol. The van der Waals surface area contributed by atoms with Gasteiger partial charge in [0, 0.05) is 5.41 Å². The van der Waals surface area contributed by atoms with Crippen LogP contribution in [-0.4, -0.2) is 40.3 Å². The molecule has 0 radical (unpaired) electrons. The van der Waals surface area contributed by atoms with E-state index in [0.29, 0.717) is 5.75 Å². The first-order chi connectivity index (χ1) is 11.0. The summed E-state index contributed by atoms with van der Waals surface area (Å²) in [5.74, 6) is 0.334. The Morgan fingerprint density at radius 3 is 2.57 bits per heavy atom. The summed E-state index contributed by atoms with van der Waals surface area (Å²) in [6, 6.07) is 5.80. The molecule has 0 aromatic heterocycles. The number of hydrogen-bond acceptors (Lipinski definition) is 3. The van der Waals surface area contributed by atoms with Crippen molar-refractivity contribution in [2.24, 2.45) is 0 Å². The highest BCUT2D eigenvalue weighted by atomic mass is 16.3. The van der Waals surface area contributed by atoms with Gasteiger partial charge in [-0.25, -0.2) is 0 Å². The second kappa shape index (κ2) is 6.45. The van der Waals surface area contributed by atoms with E-state index in [9.17, 15) is 10.2 Å². The molecular formula is C20H31NO2. The van der Waals surface area contributed by atoms with Gasteiger partial charge in [-0.3, -0.25) is 0 Å². The van der Waals surface area contributed by atoms with Crippen LogP contribution >= 0.6 is 0 Å². The van der Waals surface area contributed by atoms with Gasteiger partial charge >= 0.3 is 0 Å². The Morgan fingerprint density at radius 2 is 1.83 bits per heavy atom. The summed E-state index contributed by atoms with van der Waals surface area (Å²) < 4.78 is 0. The summed E-state index contributed by atoms with van der Waals surface area (Å²) in [7, 11) is 0. The van der Waals surface area contributed by atoms with E-state index < -0.39 is 5.60 Å². The molecule has 1 aromatic rings. The maximum Gasteiger partial charge on any atom is 0.115 e. The highest BCUT2D eigenvalue weighted by Crippen LogP contribution is 2.55. The van der Waals surface area contributed by atoms with E-state index in [2.05, 4.69) is 24.8 Å². The van der Waals surface area contributed by atoms with Gasteiger partial charge in [-0.2, -0.15) is 0 Å². The molecule has 0 amide bonds. The molecule has 0 bridgehead atoms. The molecule has 0 spiro atoms. The Morgan fingerprint density at radius 1 is 1.09 bits per heavy atom. The monoisotopic (exact) mass is 317 g/mol. The lowest BCUT2D eigenvalue weighted by atomic mass is 9.53. The molecule has 2 aliphatic carbocycles. The molecule has 2 aliphatic rings. The van der Waals surface area contributed by atoms with Crippen LogP contribution in [-0.2, 0) is 11.8 Å². The van der Waals surface area contributed by atoms with Gasteiger partial charge in [0.1, 0.15) is 5.75 Å². The minimum atomic E-state index is -0.598. The normalized spacial score (nSPS) is 30.1. The third kappa shape index (κ3) is 2.78. The van der Waals surface area contributed by atoms with Crippen LogP contribution in [0.25, 0.3) is 0 Å². The molecule has 0 heterocycles. The number of aryl methyl sites for hydroxylation is 1. The number of benzene rings is 1. The predicted octanol–water partition coefficient (Wildman–Crippen LogP) is 3.61. The van der Waals surface area contributed by atoms with Crippen molar-refractivity contribution < 1.29 is 10.2 Å². The van der Waals surface area contributed by atoms with Crippen molar-refractivity contribution in [3.8, 4) is 5.75 Å². The highest BCUT2D eigenvalue weighted by molar-refractivity contribution is 5.45. The van der Waals surface area contributed by atoms with Gasteiger partial charge in [-0.1, -0.05) is 32.8 Å². The first-order valence-electron chi connectivity index (χ1n) is 9.32. The van der Waals surface area contributed by atoms with E-state index in [1.807, 2.05) is 6.07 Å². The van der Waals surface area contributed by atoms with Crippen LogP contribution < -0.4 is 0 Å². The Kier molecular flexibility index (Phi) is 4.70. The lowest BCUT2D eigenvalue weighted by molar-refractivity contribution is -0.0894. The maximum absolute atomic E-state index is 11.5. The highest BCUT2D eigenvalue weighted by Gasteiger charge is 2.54. The van der Waals surface area contributed by atoms with Gasteiger partial charge in [-0.05, 0) is 75.0 Å². The summed E-state index contributed by atoms with van der Waals surface area (Å²) >= 11 is 0. The zero-order chi connectivity index (χ0) is 16.5. The van der Waals surface area contributed by atoms with Crippen molar-refractivity contribution in [1.82, 2.24) is 4.90 Å². The predicted molar refractivity (Wildman–Crippen MR) is 93.9 cm³/mol. The molecule has 1 saturated carbocycles. The standard InChI is InChI=1S/C20H31NO2/c1-3-21(4-2)14-13-19-10-5-6-11-20(19,23)12-9-16-7-8-17(22)15-18(16)19/h7-8,15,22-23H,3-6,9-14H2,1-2H3. The van der Waals surface area contributed by atoms with Crippen molar-refractivity contribution in [2.75, 3.05) is 19.6 Å². The number of nitrogens with zero attached hydrogens (tertiary/aromatic N) is 1. The second-order valence-corrected chi connectivity index (χ2v) is 7.44. The third-order valence-electron chi connectivity index (χ3n) is 6.50. The fourth-order valence-corrected chi connectivity index (χ4v) is 5.02. The van der Waals surface area contributed by atoms with E-state index in [4.69, 9.17) is 0 Å². The number of phenols is 1. The number of phenolic OH excluding ortho intramolecular Hbond substituents is 1. The largest absolute Gasteiger partial charge is 0.508 e. The van der Waals surface area contributed by atoms with E-state index in [0.717, 1.165) is 58.2 Å². The van der Waals surface area contributed by atoms with Crippen molar-refractivity contribution in [3.05, 3.63) is 29.3 Å². The van der Waals surface area contributed by atoms with Crippen LogP contribution in [0.1, 0.15) is 63.5 Å². The summed E-state index contributed by atoms with van der Waals surface area (Å²) in [6.45, 7) is 7.53. The van der Waals surface area contributed by atoms with Gasteiger partial charge in [0.15, 0.2) is 0 Å². The molecule has 1 aromatic carbocycles. The van der Waals surface area contributed by atoms with Crippen molar-refractivity contribution in [2.45, 2.75) is 69.8 Å². The van der Waals surface area contributed by atoms with Crippen LogP contribution in [0.2, 0.25) is 0 Å². The van der Waals surface area contributed by atoms with Crippen molar-refractivity contribution in [1.29, 1.82) is 0 Å². The SMILES string of the molecule is CCN(CC)CCC12CCCCC1(O)CCc1ccc(O)cc12. The molecule has 3 nitrogen and oxygen atoms in total. The van der Waals surface area contributed by atoms with E-state index in [1.165, 1.54) is 17.5 Å². The topological polar surface area (TPSA) is 43.7 Å². The Bertz CT molecular complexity index is 555. The maximum atomic E-state index is 11.5. The smallest absolute Gasteiger partial charge is 0.115 e. The summed E-state index contributed by atoms with van der Waals surface area (Å²) in [4.78, 5) is 2.45. The first-order valence-corrected chi connectivity index (χ1v) is 9.32. The van der Waals surface area contributed by atoms with Crippen LogP contribution in [0.5, 0.6) is 5.75 Å². The van der Waals surface area contributed by atoms with Crippen molar-refractivity contribution >= 4 is 0 Å². The van der Waals surface area contributed by atoms with Crippen LogP contribution in [0, 0.1) is 0 Å². The molecule has 3 heteroatoms. The summed E-state index contributed by atoms with van der Waals surface area (Å²) in [5, 5.41) is 21.6. The van der Waals surface area contributed by atoms with Crippen molar-refractivity contribution in [3.63, 3.8) is 0 Å². The van der Waals surface area contributed by atoms with Gasteiger partial charge in [0.05, 0.1) is 5.60 Å². The molecule has 1 fully saturated rings. The molecule has 128 valence electrons. The molecule has 2 unspecified atom stereocenters. The molecule has 2 N–H and O–H groups in total. The number of fused-ring (bicyclic) bond motifs is 3. The minimum absolute atomic E-state index is 0.180. The van der Waals surface area contributed by atoms with E-state index in [-0.39, 0.29) is 5.41 Å². The Balaban J connectivity index is 2.01. The molecule has 0 aliphatic heterocycles. The van der Waals surface area contributed by atoms with Crippen LogP contribution in [0.15, 0.2) is 18.2 Å². The van der Waals surface area contributed by atoms with Gasteiger partial charge in [0.25, 0.3) is 0 Å². The Labute approximate surface area is 140 Å². The van der Waals surface area contributed by atoms with Gasteiger partial charge in [0.2, 0.25) is 0 Å². The average Bonchev–Trinajstić information content (AvgIpc) is 2.56. The zero-order valence-corrected chi connectivity index (χ0v) is 14.6. The minimum Gasteiger partial charge on any atom is -0.508 e. The van der Waals surface area contributed by atoms with E-state index in [1.54, 1.807) is 6.07 Å². The van der Waals surface area contributed by atoms with E-state index >= 15 is 0 Å². The molecule has 2 atom stereocenters. The fourth-order valence-electron chi connectivity index (χ4n) is 5.02. The number of rotatable bonds is 5. The zero-order valence-electron chi connectivity index (χ0n) is 14.6. The summed E-state index contributed by atoms with van der Waals surface area (Å²) in [6.07, 6.45) is 7.03. The lowest BCUT2D eigenvalue weighted by Gasteiger charge is -2.55. The number of aromatic hydroxyl groups is 1. The second-order valence-electron chi connectivity index (χ2n) is 7.44. The molecule has 0 saturated heterocycles. The van der Waals surface area contributed by atoms with Gasteiger partial charge in [-0.15, -0.1) is 0 Å². The molecule has 23 heavy (non-hydrogen) atoms. The Hall–Kier alpha value is -1.06. The number of hydrogen-bond donors (Lipinski definition) is 2. The van der Waals surface area contributed by atoms with Gasteiger partial charge < -0.3 is 15.1 Å². The fraction of sp³-hybridized carbons (Fsp3) is 0.700. The molecular weight excluding hydrogens is 286 g/mol. The lowest BCUT2D eigenvalue weighted by Crippen LogP contribution is -2.57. The quantitative estimate of drug-likeness (QED) is 0.872. The van der Waals surface area contributed by atoms with Crippen LogP contribution in [0.3, 0.4) is 0 Å². The van der Waals surface area contributed by atoms with Crippen LogP contribution in [0.4, 0.5) is 0 Å². The third-order valence-corrected chi connectivity index (χ3v) is 6.50. The molecule has 3 rings (SSSR count). The summed E-state index contributed by atoms with van der Waals surface area (Å²) in [5.41, 5.74) is 1.77.